The van der Waals surface area contributed by atoms with Crippen LogP contribution in [0.1, 0.15) is 41.1 Å². The first-order valence-corrected chi connectivity index (χ1v) is 9.89. The van der Waals surface area contributed by atoms with Crippen LogP contribution in [-0.4, -0.2) is 36.0 Å². The zero-order valence-corrected chi connectivity index (χ0v) is 15.7. The zero-order valence-electron chi connectivity index (χ0n) is 14.9. The van der Waals surface area contributed by atoms with Crippen LogP contribution in [0.4, 0.5) is 0 Å². The molecule has 1 atom stereocenters. The average Bonchev–Trinajstić information content (AvgIpc) is 3.02. The van der Waals surface area contributed by atoms with Crippen molar-refractivity contribution in [2.24, 2.45) is 0 Å². The van der Waals surface area contributed by atoms with Crippen molar-refractivity contribution in [3.05, 3.63) is 59.1 Å². The number of benzene rings is 2. The van der Waals surface area contributed by atoms with E-state index in [0.29, 0.717) is 5.92 Å². The highest BCUT2D eigenvalue weighted by Gasteiger charge is 2.24. The second-order valence-corrected chi connectivity index (χ2v) is 7.64. The van der Waals surface area contributed by atoms with E-state index in [1.807, 2.05) is 40.7 Å². The summed E-state index contributed by atoms with van der Waals surface area (Å²) in [6.07, 6.45) is 3.32. The quantitative estimate of drug-likeness (QED) is 0.674. The third kappa shape index (κ3) is 3.44. The minimum absolute atomic E-state index is 0.126. The first kappa shape index (κ1) is 17.0. The number of methoxy groups -OCH3 is 1. The molecule has 0 saturated carbocycles. The molecule has 0 spiro atoms. The number of rotatable bonds is 3. The highest BCUT2D eigenvalue weighted by molar-refractivity contribution is 7.16. The second-order valence-electron chi connectivity index (χ2n) is 6.75. The molecule has 0 bridgehead atoms. The van der Waals surface area contributed by atoms with E-state index in [9.17, 15) is 4.79 Å². The van der Waals surface area contributed by atoms with Crippen LogP contribution in [0.15, 0.2) is 48.0 Å². The number of carbonyl (C=O) groups excluding carboxylic acids is 1. The van der Waals surface area contributed by atoms with Crippen molar-refractivity contribution in [3.63, 3.8) is 0 Å². The fourth-order valence-electron chi connectivity index (χ4n) is 3.65. The summed E-state index contributed by atoms with van der Waals surface area (Å²) in [4.78, 5) is 19.4. The number of hydrogen-bond acceptors (Lipinski definition) is 4. The minimum atomic E-state index is 0.126. The van der Waals surface area contributed by atoms with Crippen LogP contribution in [0.2, 0.25) is 0 Å². The van der Waals surface area contributed by atoms with E-state index in [-0.39, 0.29) is 5.91 Å². The summed E-state index contributed by atoms with van der Waals surface area (Å²) in [6, 6.07) is 14.1. The Morgan fingerprint density at radius 3 is 2.85 bits per heavy atom. The van der Waals surface area contributed by atoms with Gasteiger partial charge in [0.25, 0.3) is 5.91 Å². The van der Waals surface area contributed by atoms with Crippen LogP contribution in [-0.2, 0) is 0 Å². The largest absolute Gasteiger partial charge is 0.497 e. The Balaban J connectivity index is 1.55. The fourth-order valence-corrected chi connectivity index (χ4v) is 4.36. The second kappa shape index (κ2) is 7.46. The molecule has 5 heteroatoms. The van der Waals surface area contributed by atoms with Gasteiger partial charge in [-0.1, -0.05) is 18.6 Å². The summed E-state index contributed by atoms with van der Waals surface area (Å²) < 4.78 is 6.33. The first-order chi connectivity index (χ1) is 12.7. The van der Waals surface area contributed by atoms with Crippen LogP contribution in [0.25, 0.3) is 10.2 Å². The summed E-state index contributed by atoms with van der Waals surface area (Å²) in [5, 5.41) is 0. The Hall–Kier alpha value is -2.40. The zero-order chi connectivity index (χ0) is 17.9. The van der Waals surface area contributed by atoms with Gasteiger partial charge in [0.05, 0.1) is 22.8 Å². The SMILES string of the molecule is COc1ccc(C2CCCCN(C(=O)c3ccc4ncsc4c3)C2)cc1. The van der Waals surface area contributed by atoms with Gasteiger partial charge in [-0.15, -0.1) is 11.3 Å². The standard InChI is InChI=1S/C21H22N2O2S/c1-25-18-8-5-15(6-9-18)17-4-2-3-11-23(13-17)21(24)16-7-10-19-20(12-16)26-14-22-19/h5-10,12,14,17H,2-4,11,13H2,1H3. The van der Waals surface area contributed by atoms with Gasteiger partial charge < -0.3 is 9.64 Å². The molecule has 0 aliphatic carbocycles. The predicted octanol–water partition coefficient (Wildman–Crippen LogP) is 4.71. The van der Waals surface area contributed by atoms with Gasteiger partial charge in [0.1, 0.15) is 5.75 Å². The molecule has 0 N–H and O–H groups in total. The lowest BCUT2D eigenvalue weighted by Gasteiger charge is -2.25. The molecule has 4 rings (SSSR count). The van der Waals surface area contributed by atoms with Crippen molar-refractivity contribution in [2.45, 2.75) is 25.2 Å². The molecule has 1 fully saturated rings. The normalized spacial score (nSPS) is 17.9. The number of amides is 1. The van der Waals surface area contributed by atoms with Crippen LogP contribution in [0.5, 0.6) is 5.75 Å². The smallest absolute Gasteiger partial charge is 0.253 e. The van der Waals surface area contributed by atoms with Crippen molar-refractivity contribution >= 4 is 27.5 Å². The van der Waals surface area contributed by atoms with Crippen LogP contribution in [0, 0.1) is 0 Å². The lowest BCUT2D eigenvalue weighted by molar-refractivity contribution is 0.0754. The molecule has 26 heavy (non-hydrogen) atoms. The molecule has 1 aromatic heterocycles. The van der Waals surface area contributed by atoms with E-state index in [1.165, 1.54) is 5.56 Å². The van der Waals surface area contributed by atoms with Gasteiger partial charge >= 0.3 is 0 Å². The summed E-state index contributed by atoms with van der Waals surface area (Å²) in [6.45, 7) is 1.60. The molecule has 2 aromatic carbocycles. The Labute approximate surface area is 157 Å². The van der Waals surface area contributed by atoms with Crippen molar-refractivity contribution in [3.8, 4) is 5.75 Å². The third-order valence-electron chi connectivity index (χ3n) is 5.12. The van der Waals surface area contributed by atoms with Crippen LogP contribution < -0.4 is 4.74 Å². The molecular formula is C21H22N2O2S. The molecule has 1 aliphatic rings. The molecule has 2 heterocycles. The molecule has 4 nitrogen and oxygen atoms in total. The van der Waals surface area contributed by atoms with Gasteiger partial charge in [0.2, 0.25) is 0 Å². The molecule has 3 aromatic rings. The number of nitrogens with zero attached hydrogens (tertiary/aromatic N) is 2. The van der Waals surface area contributed by atoms with E-state index in [1.54, 1.807) is 18.4 Å². The molecule has 1 unspecified atom stereocenters. The topological polar surface area (TPSA) is 42.4 Å². The van der Waals surface area contributed by atoms with Gasteiger partial charge in [-0.3, -0.25) is 4.79 Å². The van der Waals surface area contributed by atoms with E-state index < -0.39 is 0 Å². The number of carbonyl (C=O) groups is 1. The lowest BCUT2D eigenvalue weighted by atomic mass is 9.94. The van der Waals surface area contributed by atoms with Gasteiger partial charge in [-0.2, -0.15) is 0 Å². The number of fused-ring (bicyclic) bond motifs is 1. The van der Waals surface area contributed by atoms with Gasteiger partial charge in [-0.25, -0.2) is 4.98 Å². The van der Waals surface area contributed by atoms with E-state index >= 15 is 0 Å². The maximum absolute atomic E-state index is 13.1. The summed E-state index contributed by atoms with van der Waals surface area (Å²) in [5.74, 6) is 1.37. The summed E-state index contributed by atoms with van der Waals surface area (Å²) in [5.41, 5.74) is 4.82. The highest BCUT2D eigenvalue weighted by atomic mass is 32.1. The number of likely N-dealkylation sites (tertiary alicyclic amines) is 1. The van der Waals surface area contributed by atoms with Gasteiger partial charge in [-0.05, 0) is 48.7 Å². The fraction of sp³-hybridized carbons (Fsp3) is 0.333. The predicted molar refractivity (Wildman–Crippen MR) is 105 cm³/mol. The van der Waals surface area contributed by atoms with E-state index in [4.69, 9.17) is 4.74 Å². The number of aromatic nitrogens is 1. The number of ether oxygens (including phenoxy) is 1. The maximum Gasteiger partial charge on any atom is 0.253 e. The van der Waals surface area contributed by atoms with Gasteiger partial charge in [0.15, 0.2) is 0 Å². The Morgan fingerprint density at radius 1 is 1.19 bits per heavy atom. The number of hydrogen-bond donors (Lipinski definition) is 0. The Morgan fingerprint density at radius 2 is 2.04 bits per heavy atom. The molecule has 1 saturated heterocycles. The molecule has 134 valence electrons. The summed E-state index contributed by atoms with van der Waals surface area (Å²) >= 11 is 1.58. The van der Waals surface area contributed by atoms with Crippen molar-refractivity contribution in [1.29, 1.82) is 0 Å². The number of thiazole rings is 1. The first-order valence-electron chi connectivity index (χ1n) is 9.01. The van der Waals surface area contributed by atoms with Crippen LogP contribution >= 0.6 is 11.3 Å². The van der Waals surface area contributed by atoms with E-state index in [2.05, 4.69) is 17.1 Å². The Kier molecular flexibility index (Phi) is 4.89. The molecule has 1 amide bonds. The maximum atomic E-state index is 13.1. The lowest BCUT2D eigenvalue weighted by Crippen LogP contribution is -2.34. The molecular weight excluding hydrogens is 344 g/mol. The Bertz CT molecular complexity index is 904. The third-order valence-corrected chi connectivity index (χ3v) is 5.92. The molecule has 0 radical (unpaired) electrons. The van der Waals surface area contributed by atoms with E-state index in [0.717, 1.165) is 53.9 Å². The summed E-state index contributed by atoms with van der Waals surface area (Å²) in [7, 11) is 1.68. The molecule has 1 aliphatic heterocycles. The van der Waals surface area contributed by atoms with Crippen LogP contribution in [0.3, 0.4) is 0 Å². The van der Waals surface area contributed by atoms with Crippen molar-refractivity contribution < 1.29 is 9.53 Å². The minimum Gasteiger partial charge on any atom is -0.497 e. The van der Waals surface area contributed by atoms with Gasteiger partial charge in [0, 0.05) is 24.6 Å². The monoisotopic (exact) mass is 366 g/mol. The van der Waals surface area contributed by atoms with Crippen molar-refractivity contribution in [2.75, 3.05) is 20.2 Å². The highest BCUT2D eigenvalue weighted by Crippen LogP contribution is 2.29. The van der Waals surface area contributed by atoms with Crippen molar-refractivity contribution in [1.82, 2.24) is 9.88 Å². The average molecular weight is 366 g/mol.